The summed E-state index contributed by atoms with van der Waals surface area (Å²) in [5.74, 6) is -1.72. The first-order valence-corrected chi connectivity index (χ1v) is 13.9. The van der Waals surface area contributed by atoms with Gasteiger partial charge < -0.3 is 27.8 Å². The second-order valence-electron chi connectivity index (χ2n) is 7.71. The number of para-hydroxylation sites is 1. The number of hydrogen-bond donors (Lipinski definition) is 10. The third kappa shape index (κ3) is 6.27. The van der Waals surface area contributed by atoms with Crippen molar-refractivity contribution in [3.05, 3.63) is 35.9 Å². The maximum Gasteiger partial charge on any atom is 0.239 e. The van der Waals surface area contributed by atoms with Gasteiger partial charge in [0.15, 0.2) is 9.84 Å². The van der Waals surface area contributed by atoms with Crippen LogP contribution in [0.3, 0.4) is 0 Å². The predicted molar refractivity (Wildman–Crippen MR) is 135 cm³/mol. The Labute approximate surface area is 212 Å². The molecule has 0 unspecified atom stereocenters. The summed E-state index contributed by atoms with van der Waals surface area (Å²) in [7, 11) is -8.83. The predicted octanol–water partition coefficient (Wildman–Crippen LogP) is -3.36. The van der Waals surface area contributed by atoms with Gasteiger partial charge in [0.25, 0.3) is 0 Å². The first-order valence-electron chi connectivity index (χ1n) is 10.7. The number of hydrogen-bond acceptors (Lipinski definition) is 13. The average Bonchev–Trinajstić information content (AvgIpc) is 3.38. The summed E-state index contributed by atoms with van der Waals surface area (Å²) in [6, 6.07) is 7.00. The van der Waals surface area contributed by atoms with Crippen molar-refractivity contribution in [1.82, 2.24) is 21.9 Å². The van der Waals surface area contributed by atoms with Crippen LogP contribution in [0.5, 0.6) is 0 Å². The zero-order valence-electron chi connectivity index (χ0n) is 19.4. The minimum absolute atomic E-state index is 0.0675. The zero-order valence-corrected chi connectivity index (χ0v) is 21.0. The summed E-state index contributed by atoms with van der Waals surface area (Å²) in [5.41, 5.74) is 27.3. The summed E-state index contributed by atoms with van der Waals surface area (Å²) in [4.78, 5) is 23.1. The molecule has 0 radical (unpaired) electrons. The molecule has 1 heterocycles. The van der Waals surface area contributed by atoms with Crippen LogP contribution in [-0.2, 0) is 29.4 Å². The molecule has 0 atom stereocenters. The van der Waals surface area contributed by atoms with Gasteiger partial charge >= 0.3 is 0 Å². The first-order chi connectivity index (χ1) is 17.4. The highest BCUT2D eigenvalue weighted by atomic mass is 32.2. The second-order valence-corrected chi connectivity index (χ2v) is 11.3. The molecule has 2 aromatic carbocycles. The fourth-order valence-electron chi connectivity index (χ4n) is 3.71. The van der Waals surface area contributed by atoms with Crippen LogP contribution in [0.4, 0.5) is 11.4 Å². The van der Waals surface area contributed by atoms with Crippen molar-refractivity contribution in [1.29, 1.82) is 0 Å². The Balaban J connectivity index is 2.43. The van der Waals surface area contributed by atoms with E-state index in [0.29, 0.717) is 0 Å². The quantitative estimate of drug-likeness (QED) is 0.137. The van der Waals surface area contributed by atoms with Gasteiger partial charge in [-0.2, -0.15) is 11.1 Å². The van der Waals surface area contributed by atoms with Gasteiger partial charge in [-0.15, -0.1) is 0 Å². The molecule has 18 heteroatoms. The second kappa shape index (κ2) is 11.6. The van der Waals surface area contributed by atoms with Crippen molar-refractivity contribution < 1.29 is 26.4 Å². The number of benzene rings is 2. The molecular formula is C19H28N10O6S2. The molecule has 0 spiro atoms. The molecule has 16 nitrogen and oxygen atoms in total. The minimum Gasteiger partial charge on any atom is -0.329 e. The van der Waals surface area contributed by atoms with Gasteiger partial charge in [0.1, 0.15) is 11.1 Å². The average molecular weight is 557 g/mol. The van der Waals surface area contributed by atoms with Crippen LogP contribution < -0.4 is 54.9 Å². The topological polar surface area (TPSA) is 279 Å². The van der Waals surface area contributed by atoms with E-state index in [1.807, 2.05) is 0 Å². The zero-order chi connectivity index (χ0) is 27.4. The van der Waals surface area contributed by atoms with E-state index in [0.717, 1.165) is 6.07 Å². The number of sulfonamides is 1. The molecule has 1 saturated heterocycles. The Morgan fingerprint density at radius 1 is 0.865 bits per heavy atom. The Hall–Kier alpha value is -3.04. The van der Waals surface area contributed by atoms with Gasteiger partial charge in [0, 0.05) is 17.7 Å². The molecule has 1 aliphatic heterocycles. The van der Waals surface area contributed by atoms with Gasteiger partial charge in [0.2, 0.25) is 21.8 Å². The lowest BCUT2D eigenvalue weighted by atomic mass is 9.95. The number of hydrazine groups is 3. The van der Waals surface area contributed by atoms with Crippen LogP contribution in [0.2, 0.25) is 0 Å². The number of nitrogens with one attached hydrogen (secondary N) is 6. The van der Waals surface area contributed by atoms with Crippen LogP contribution in [0.1, 0.15) is 11.7 Å². The summed E-state index contributed by atoms with van der Waals surface area (Å²) >= 11 is 0. The minimum atomic E-state index is -4.66. The SMILES string of the molecule is NCCS(=O)(=O)c1ccc(-c2cccc(NC(=O)CN)c2NC(=O)CN)c(C2NNNN2)c1S(N)(=O)=O. The van der Waals surface area contributed by atoms with E-state index in [9.17, 15) is 26.4 Å². The summed E-state index contributed by atoms with van der Waals surface area (Å²) < 4.78 is 51.7. The fourth-order valence-corrected chi connectivity index (χ4v) is 6.52. The Bertz CT molecular complexity index is 1410. The maximum absolute atomic E-state index is 13.0. The number of carbonyl (C=O) groups is 2. The van der Waals surface area contributed by atoms with Crippen LogP contribution >= 0.6 is 0 Å². The Kier molecular flexibility index (Phi) is 8.92. The highest BCUT2D eigenvalue weighted by Gasteiger charge is 2.34. The molecule has 0 aromatic heterocycles. The van der Waals surface area contributed by atoms with Crippen molar-refractivity contribution >= 4 is 43.0 Å². The monoisotopic (exact) mass is 556 g/mol. The summed E-state index contributed by atoms with van der Waals surface area (Å²) in [5, 5.41) is 10.7. The molecule has 1 fully saturated rings. The third-order valence-corrected chi connectivity index (χ3v) is 8.14. The Morgan fingerprint density at radius 3 is 2.05 bits per heavy atom. The van der Waals surface area contributed by atoms with E-state index >= 15 is 0 Å². The standard InChI is InChI=1S/C19H28N10O6S2/c20-6-7-36(32,33)13-5-4-10(16(18(13)37(23,34)35)19-26-28-29-27-19)11-2-1-3-12(24-14(30)8-21)17(11)25-15(31)9-22/h1-5,19,26-29H,6-9,20-22H2,(H,24,30)(H,25,31)(H2,23,34,35). The molecule has 2 amide bonds. The van der Waals surface area contributed by atoms with Crippen molar-refractivity contribution in [3.8, 4) is 11.1 Å². The molecule has 1 aliphatic rings. The van der Waals surface area contributed by atoms with Crippen LogP contribution in [0.25, 0.3) is 11.1 Å². The van der Waals surface area contributed by atoms with E-state index in [2.05, 4.69) is 32.6 Å². The summed E-state index contributed by atoms with van der Waals surface area (Å²) in [6.07, 6.45) is -1.03. The molecule has 3 rings (SSSR count). The van der Waals surface area contributed by atoms with Gasteiger partial charge in [-0.05, 0) is 17.7 Å². The van der Waals surface area contributed by atoms with Gasteiger partial charge in [-0.25, -0.2) is 32.8 Å². The third-order valence-electron chi connectivity index (χ3n) is 5.21. The van der Waals surface area contributed by atoms with Crippen molar-refractivity contribution in [2.45, 2.75) is 16.0 Å². The summed E-state index contributed by atoms with van der Waals surface area (Å²) in [6.45, 7) is -1.01. The van der Waals surface area contributed by atoms with Crippen LogP contribution in [-0.4, -0.2) is 54.0 Å². The molecule has 202 valence electrons. The molecular weight excluding hydrogens is 528 g/mol. The van der Waals surface area contributed by atoms with Crippen molar-refractivity contribution in [3.63, 3.8) is 0 Å². The van der Waals surface area contributed by atoms with E-state index in [1.165, 1.54) is 24.3 Å². The van der Waals surface area contributed by atoms with E-state index < -0.39 is 59.9 Å². The van der Waals surface area contributed by atoms with Gasteiger partial charge in [0.05, 0.1) is 35.1 Å². The number of rotatable bonds is 10. The lowest BCUT2D eigenvalue weighted by molar-refractivity contribution is -0.115. The molecule has 37 heavy (non-hydrogen) atoms. The normalized spacial score (nSPS) is 14.5. The number of amides is 2. The lowest BCUT2D eigenvalue weighted by Gasteiger charge is -2.24. The molecule has 14 N–H and O–H groups in total. The molecule has 0 aliphatic carbocycles. The van der Waals surface area contributed by atoms with Crippen LogP contribution in [0, 0.1) is 0 Å². The number of anilines is 2. The van der Waals surface area contributed by atoms with Gasteiger partial charge in [-0.3, -0.25) is 9.59 Å². The van der Waals surface area contributed by atoms with E-state index in [4.69, 9.17) is 22.3 Å². The lowest BCUT2D eigenvalue weighted by Crippen LogP contribution is -2.33. The van der Waals surface area contributed by atoms with Crippen molar-refractivity contribution in [2.75, 3.05) is 36.0 Å². The first kappa shape index (κ1) is 28.5. The highest BCUT2D eigenvalue weighted by molar-refractivity contribution is 7.93. The Morgan fingerprint density at radius 2 is 1.49 bits per heavy atom. The smallest absolute Gasteiger partial charge is 0.239 e. The fraction of sp³-hybridized carbons (Fsp3) is 0.263. The van der Waals surface area contributed by atoms with E-state index in [1.54, 1.807) is 0 Å². The van der Waals surface area contributed by atoms with Crippen LogP contribution in [0.15, 0.2) is 40.1 Å². The number of nitrogens with two attached hydrogens (primary N) is 4. The maximum atomic E-state index is 13.0. The molecule has 2 aromatic rings. The van der Waals surface area contributed by atoms with Gasteiger partial charge in [-0.1, -0.05) is 18.2 Å². The highest BCUT2D eigenvalue weighted by Crippen LogP contribution is 2.42. The molecule has 0 bridgehead atoms. The van der Waals surface area contributed by atoms with Crippen molar-refractivity contribution in [2.24, 2.45) is 22.3 Å². The number of carbonyl (C=O) groups excluding carboxylic acids is 2. The number of sulfone groups is 1. The van der Waals surface area contributed by atoms with E-state index in [-0.39, 0.29) is 41.2 Å². The molecule has 0 saturated carbocycles. The largest absolute Gasteiger partial charge is 0.329 e. The number of primary sulfonamides is 1.